The van der Waals surface area contributed by atoms with Crippen LogP contribution in [0.4, 0.5) is 25.3 Å². The first-order valence-corrected chi connectivity index (χ1v) is 12.1. The number of aromatic nitrogens is 2. The molecule has 2 heterocycles. The lowest BCUT2D eigenvalue weighted by atomic mass is 9.95. The van der Waals surface area contributed by atoms with Crippen LogP contribution in [0.1, 0.15) is 74.8 Å². The predicted molar refractivity (Wildman–Crippen MR) is 127 cm³/mol. The van der Waals surface area contributed by atoms with E-state index < -0.39 is 29.7 Å². The fourth-order valence-corrected chi connectivity index (χ4v) is 4.54. The molecule has 188 valence electrons. The standard InChI is InChI=1S/C25H31F2N5O3/c1-14(2)21-13-35-25(34)32(21)22-20(27)12-28-24(31-22)29-15(3)16-9-10-18(19(26)11-16)23(33)30-17-7-5-4-6-8-17/h9-12,14-15,17,21H,4-8,13H2,1-3H3,(H,30,33)(H,28,29,31)/t15-,21?/m0/s1. The summed E-state index contributed by atoms with van der Waals surface area (Å²) in [5.41, 5.74) is 0.561. The maximum atomic E-state index is 14.8. The molecule has 0 bridgehead atoms. The first kappa shape index (κ1) is 24.8. The lowest BCUT2D eigenvalue weighted by molar-refractivity contribution is 0.0923. The minimum atomic E-state index is -0.743. The van der Waals surface area contributed by atoms with E-state index in [-0.39, 0.29) is 41.9 Å². The molecule has 1 saturated carbocycles. The number of rotatable bonds is 7. The number of ether oxygens (including phenoxy) is 1. The maximum Gasteiger partial charge on any atom is 0.416 e. The van der Waals surface area contributed by atoms with Gasteiger partial charge in [0.05, 0.1) is 23.8 Å². The molecule has 2 N–H and O–H groups in total. The maximum absolute atomic E-state index is 14.8. The topological polar surface area (TPSA) is 96.5 Å². The quantitative estimate of drug-likeness (QED) is 0.572. The number of hydrogen-bond donors (Lipinski definition) is 2. The number of cyclic esters (lactones) is 1. The zero-order valence-corrected chi connectivity index (χ0v) is 20.2. The van der Waals surface area contributed by atoms with Gasteiger partial charge in [0, 0.05) is 6.04 Å². The molecule has 0 radical (unpaired) electrons. The number of nitrogens with one attached hydrogen (secondary N) is 2. The fraction of sp³-hybridized carbons (Fsp3) is 0.520. The molecule has 1 aliphatic carbocycles. The van der Waals surface area contributed by atoms with Crippen LogP contribution in [-0.2, 0) is 4.74 Å². The largest absolute Gasteiger partial charge is 0.447 e. The molecule has 2 amide bonds. The smallest absolute Gasteiger partial charge is 0.416 e. The summed E-state index contributed by atoms with van der Waals surface area (Å²) in [5, 5.41) is 5.94. The molecule has 1 aromatic carbocycles. The number of anilines is 2. The third-order valence-electron chi connectivity index (χ3n) is 6.65. The number of carbonyl (C=O) groups excluding carboxylic acids is 2. The average molecular weight is 488 g/mol. The molecule has 1 saturated heterocycles. The zero-order chi connectivity index (χ0) is 25.1. The molecule has 35 heavy (non-hydrogen) atoms. The molecular formula is C25H31F2N5O3. The van der Waals surface area contributed by atoms with Gasteiger partial charge in [-0.2, -0.15) is 4.98 Å². The molecule has 2 aliphatic rings. The van der Waals surface area contributed by atoms with E-state index in [0.29, 0.717) is 5.56 Å². The van der Waals surface area contributed by atoms with E-state index in [1.54, 1.807) is 13.0 Å². The van der Waals surface area contributed by atoms with E-state index >= 15 is 0 Å². The van der Waals surface area contributed by atoms with Gasteiger partial charge in [0.1, 0.15) is 12.4 Å². The van der Waals surface area contributed by atoms with Gasteiger partial charge in [-0.25, -0.2) is 18.6 Å². The van der Waals surface area contributed by atoms with Gasteiger partial charge < -0.3 is 15.4 Å². The van der Waals surface area contributed by atoms with Gasteiger partial charge in [0.2, 0.25) is 5.95 Å². The van der Waals surface area contributed by atoms with Crippen LogP contribution >= 0.6 is 0 Å². The van der Waals surface area contributed by atoms with Crippen LogP contribution in [0.3, 0.4) is 0 Å². The Balaban J connectivity index is 1.47. The Kier molecular flexibility index (Phi) is 7.47. The van der Waals surface area contributed by atoms with Crippen molar-refractivity contribution in [3.05, 3.63) is 47.2 Å². The number of carbonyl (C=O) groups is 2. The first-order valence-electron chi connectivity index (χ1n) is 12.1. The van der Waals surface area contributed by atoms with E-state index in [4.69, 9.17) is 4.74 Å². The van der Waals surface area contributed by atoms with Gasteiger partial charge in [-0.3, -0.25) is 9.69 Å². The summed E-state index contributed by atoms with van der Waals surface area (Å²) in [6.45, 7) is 5.74. The van der Waals surface area contributed by atoms with Crippen molar-refractivity contribution in [1.29, 1.82) is 0 Å². The van der Waals surface area contributed by atoms with Gasteiger partial charge in [-0.05, 0) is 43.4 Å². The molecule has 1 unspecified atom stereocenters. The molecule has 4 rings (SSSR count). The van der Waals surface area contributed by atoms with Gasteiger partial charge in [0.15, 0.2) is 11.6 Å². The van der Waals surface area contributed by atoms with E-state index in [1.807, 2.05) is 13.8 Å². The van der Waals surface area contributed by atoms with Gasteiger partial charge in [-0.1, -0.05) is 39.2 Å². The van der Waals surface area contributed by atoms with E-state index in [2.05, 4.69) is 20.6 Å². The van der Waals surface area contributed by atoms with Crippen molar-refractivity contribution in [2.75, 3.05) is 16.8 Å². The van der Waals surface area contributed by atoms with Crippen LogP contribution in [0, 0.1) is 17.6 Å². The van der Waals surface area contributed by atoms with Crippen molar-refractivity contribution in [2.24, 2.45) is 5.92 Å². The number of amides is 2. The van der Waals surface area contributed by atoms with Gasteiger partial charge >= 0.3 is 6.09 Å². The molecule has 2 fully saturated rings. The van der Waals surface area contributed by atoms with Crippen LogP contribution in [0.5, 0.6) is 0 Å². The zero-order valence-electron chi connectivity index (χ0n) is 20.2. The molecule has 1 aromatic heterocycles. The van der Waals surface area contributed by atoms with Crippen LogP contribution in [0.2, 0.25) is 0 Å². The second kappa shape index (κ2) is 10.5. The Hall–Kier alpha value is -3.30. The summed E-state index contributed by atoms with van der Waals surface area (Å²) >= 11 is 0. The third kappa shape index (κ3) is 5.52. The Bertz CT molecular complexity index is 1090. The van der Waals surface area contributed by atoms with Crippen molar-refractivity contribution in [3.63, 3.8) is 0 Å². The van der Waals surface area contributed by atoms with Crippen molar-refractivity contribution >= 4 is 23.8 Å². The van der Waals surface area contributed by atoms with Crippen LogP contribution in [-0.4, -0.2) is 40.7 Å². The second-order valence-corrected chi connectivity index (χ2v) is 9.54. The molecule has 10 heteroatoms. The van der Waals surface area contributed by atoms with Crippen molar-refractivity contribution in [3.8, 4) is 0 Å². The molecule has 2 aromatic rings. The minimum absolute atomic E-state index is 0.000819. The van der Waals surface area contributed by atoms with Crippen molar-refractivity contribution in [1.82, 2.24) is 15.3 Å². The Morgan fingerprint density at radius 1 is 1.14 bits per heavy atom. The van der Waals surface area contributed by atoms with Gasteiger partial charge in [0.25, 0.3) is 5.91 Å². The Labute approximate surface area is 203 Å². The number of hydrogen-bond acceptors (Lipinski definition) is 6. The van der Waals surface area contributed by atoms with E-state index in [0.717, 1.165) is 31.9 Å². The summed E-state index contributed by atoms with van der Waals surface area (Å²) in [5.74, 6) is -1.84. The SMILES string of the molecule is CC(C)C1COC(=O)N1c1nc(N[C@@H](C)c2ccc(C(=O)NC3CCCCC3)c(F)c2)ncc1F. The predicted octanol–water partition coefficient (Wildman–Crippen LogP) is 4.97. The Morgan fingerprint density at radius 2 is 1.89 bits per heavy atom. The van der Waals surface area contributed by atoms with E-state index in [1.165, 1.54) is 23.5 Å². The first-order chi connectivity index (χ1) is 16.7. The fourth-order valence-electron chi connectivity index (χ4n) is 4.54. The van der Waals surface area contributed by atoms with Crippen LogP contribution in [0.25, 0.3) is 0 Å². The summed E-state index contributed by atoms with van der Waals surface area (Å²) in [6.07, 6.45) is 5.46. The third-order valence-corrected chi connectivity index (χ3v) is 6.65. The van der Waals surface area contributed by atoms with Crippen LogP contribution in [0.15, 0.2) is 24.4 Å². The van der Waals surface area contributed by atoms with Crippen molar-refractivity contribution < 1.29 is 23.1 Å². The average Bonchev–Trinajstić information content (AvgIpc) is 3.22. The van der Waals surface area contributed by atoms with E-state index in [9.17, 15) is 18.4 Å². The molecule has 0 spiro atoms. The number of halogens is 2. The molecule has 2 atom stereocenters. The highest BCUT2D eigenvalue weighted by Crippen LogP contribution is 2.29. The molecule has 8 nitrogen and oxygen atoms in total. The highest BCUT2D eigenvalue weighted by atomic mass is 19.1. The lowest BCUT2D eigenvalue weighted by Crippen LogP contribution is -2.38. The normalized spacial score (nSPS) is 19.5. The molecular weight excluding hydrogens is 456 g/mol. The Morgan fingerprint density at radius 3 is 2.57 bits per heavy atom. The molecule has 1 aliphatic heterocycles. The monoisotopic (exact) mass is 487 g/mol. The van der Waals surface area contributed by atoms with Crippen LogP contribution < -0.4 is 15.5 Å². The summed E-state index contributed by atoms with van der Waals surface area (Å²) in [6, 6.07) is 3.70. The second-order valence-electron chi connectivity index (χ2n) is 9.54. The van der Waals surface area contributed by atoms with Crippen molar-refractivity contribution in [2.45, 2.75) is 71.0 Å². The summed E-state index contributed by atoms with van der Waals surface area (Å²) < 4.78 is 34.4. The number of benzene rings is 1. The summed E-state index contributed by atoms with van der Waals surface area (Å²) in [4.78, 5) is 34.1. The number of nitrogens with zero attached hydrogens (tertiary/aromatic N) is 3. The van der Waals surface area contributed by atoms with Gasteiger partial charge in [-0.15, -0.1) is 0 Å². The minimum Gasteiger partial charge on any atom is -0.447 e. The highest BCUT2D eigenvalue weighted by molar-refractivity contribution is 5.94. The lowest BCUT2D eigenvalue weighted by Gasteiger charge is -2.24. The summed E-state index contributed by atoms with van der Waals surface area (Å²) in [7, 11) is 0. The highest BCUT2D eigenvalue weighted by Gasteiger charge is 2.39.